The molecule has 3 heteroatoms. The van der Waals surface area contributed by atoms with Gasteiger partial charge in [-0.3, -0.25) is 0 Å². The van der Waals surface area contributed by atoms with E-state index >= 15 is 0 Å². The van der Waals surface area contributed by atoms with Crippen molar-refractivity contribution in [2.24, 2.45) is 0 Å². The number of carbonyl (C=O) groups is 1. The number of hydrogen-bond acceptors (Lipinski definition) is 2. The molecule has 4 aromatic rings. The first-order valence-corrected chi connectivity index (χ1v) is 12.0. The summed E-state index contributed by atoms with van der Waals surface area (Å²) in [6.45, 7) is -4.04. The summed E-state index contributed by atoms with van der Waals surface area (Å²) in [5.41, 5.74) is 0.610. The summed E-state index contributed by atoms with van der Waals surface area (Å²) in [5.74, 6) is -0.0673. The van der Waals surface area contributed by atoms with Crippen molar-refractivity contribution in [2.75, 3.05) is 6.16 Å². The molecule has 0 saturated carbocycles. The van der Waals surface area contributed by atoms with Gasteiger partial charge in [-0.25, -0.2) is 0 Å². The molecule has 0 aliphatic heterocycles. The van der Waals surface area contributed by atoms with Gasteiger partial charge in [-0.2, -0.15) is 0 Å². The zero-order chi connectivity index (χ0) is 20.2. The Morgan fingerprint density at radius 3 is 1.21 bits per heavy atom. The Balaban J connectivity index is 2.03. The monoisotopic (exact) mass is 398 g/mol. The van der Waals surface area contributed by atoms with Crippen LogP contribution in [0.25, 0.3) is 0 Å². The third-order valence-corrected chi connectivity index (χ3v) is 10.6. The maximum absolute atomic E-state index is 13.5. The van der Waals surface area contributed by atoms with E-state index in [4.69, 9.17) is 0 Å². The Morgan fingerprint density at radius 2 is 0.862 bits per heavy atom. The first-order chi connectivity index (χ1) is 14.1. The quantitative estimate of drug-likeness (QED) is 0.388. The van der Waals surface area contributed by atoms with E-state index in [2.05, 4.69) is 0 Å². The normalized spacial score (nSPS) is 12.7. The van der Waals surface area contributed by atoms with Crippen LogP contribution in [0, 0.1) is 0 Å². The Bertz CT molecular complexity index is 995. The average Bonchev–Trinajstić information content (AvgIpc) is 2.81. The number of rotatable bonds is 6. The van der Waals surface area contributed by atoms with Crippen molar-refractivity contribution in [3.8, 4) is 0 Å². The summed E-state index contributed by atoms with van der Waals surface area (Å²) in [6, 6.07) is 38.2. The van der Waals surface area contributed by atoms with Gasteiger partial charge in [-0.05, 0) is 0 Å². The first-order valence-electron chi connectivity index (χ1n) is 9.64. The van der Waals surface area contributed by atoms with Gasteiger partial charge in [0.2, 0.25) is 0 Å². The minimum absolute atomic E-state index is 0.0215. The van der Waals surface area contributed by atoms with Crippen molar-refractivity contribution in [1.82, 2.24) is 0 Å². The predicted molar refractivity (Wildman–Crippen MR) is 123 cm³/mol. The van der Waals surface area contributed by atoms with Crippen molar-refractivity contribution in [3.63, 3.8) is 0 Å². The van der Waals surface area contributed by atoms with Crippen molar-refractivity contribution in [3.05, 3.63) is 127 Å². The summed E-state index contributed by atoms with van der Waals surface area (Å²) in [7, 11) is 0. The van der Waals surface area contributed by atoms with E-state index in [9.17, 15) is 9.69 Å². The molecule has 0 saturated heterocycles. The zero-order valence-corrected chi connectivity index (χ0v) is 17.0. The topological polar surface area (TPSA) is 37.3 Å². The summed E-state index contributed by atoms with van der Waals surface area (Å²) >= 11 is 0. The van der Waals surface area contributed by atoms with Crippen LogP contribution >= 0.6 is 6.83 Å². The molecule has 0 heterocycles. The second-order valence-corrected chi connectivity index (χ2v) is 11.6. The molecule has 0 spiro atoms. The molecule has 0 bridgehead atoms. The van der Waals surface area contributed by atoms with Crippen LogP contribution in [-0.2, 0) is 0 Å². The van der Waals surface area contributed by atoms with Gasteiger partial charge in [0.15, 0.2) is 0 Å². The van der Waals surface area contributed by atoms with Crippen LogP contribution in [0.5, 0.6) is 0 Å². The number of carbonyl (C=O) groups excluding carboxylic acids is 1. The number of benzene rings is 4. The second kappa shape index (κ2) is 7.75. The number of ketones is 1. The molecule has 0 aromatic heterocycles. The van der Waals surface area contributed by atoms with Crippen LogP contribution in [0.4, 0.5) is 0 Å². The van der Waals surface area contributed by atoms with Crippen LogP contribution in [0.2, 0.25) is 0 Å². The summed E-state index contributed by atoms with van der Waals surface area (Å²) in [4.78, 5) is 26.4. The third-order valence-electron chi connectivity index (χ3n) is 5.48. The summed E-state index contributed by atoms with van der Waals surface area (Å²) in [6.07, 6.45) is 0.0215. The van der Waals surface area contributed by atoms with Gasteiger partial charge in [0.1, 0.15) is 0 Å². The Labute approximate surface area is 171 Å². The predicted octanol–water partition coefficient (Wildman–Crippen LogP) is 4.31. The van der Waals surface area contributed by atoms with E-state index in [1.807, 2.05) is 121 Å². The Hall–Kier alpha value is -3.06. The number of hydrogen-bond donors (Lipinski definition) is 1. The summed E-state index contributed by atoms with van der Waals surface area (Å²) < 4.78 is 0. The van der Waals surface area contributed by atoms with Crippen LogP contribution in [-0.4, -0.2) is 16.8 Å². The van der Waals surface area contributed by atoms with Crippen LogP contribution in [0.15, 0.2) is 121 Å². The Morgan fingerprint density at radius 1 is 0.552 bits per heavy atom. The molecular formula is C26H23O2P. The summed E-state index contributed by atoms with van der Waals surface area (Å²) in [5, 5.41) is 2.38. The molecule has 1 N–H and O–H groups in total. The molecule has 0 amide bonds. The van der Waals surface area contributed by atoms with E-state index in [0.29, 0.717) is 5.56 Å². The number of Topliss-reactive ketones (excluding diaryl/α,β-unsaturated/α-hetero) is 1. The van der Waals surface area contributed by atoms with Gasteiger partial charge in [-0.15, -0.1) is 0 Å². The molecule has 4 rings (SSSR count). The molecule has 29 heavy (non-hydrogen) atoms. The van der Waals surface area contributed by atoms with Crippen molar-refractivity contribution >= 4 is 28.5 Å². The van der Waals surface area contributed by atoms with Crippen LogP contribution in [0.1, 0.15) is 10.4 Å². The third kappa shape index (κ3) is 3.31. The standard InChI is InChI=1S/C26H23O2P/c27-26(22-13-5-1-6-14-22)21-29(28,23-15-7-2-8-16-23,24-17-9-3-10-18-24)25-19-11-4-12-20-25/h1-20,28H,21H2. The van der Waals surface area contributed by atoms with Crippen molar-refractivity contribution in [2.45, 2.75) is 0 Å². The van der Waals surface area contributed by atoms with Gasteiger partial charge in [0.05, 0.1) is 0 Å². The van der Waals surface area contributed by atoms with Crippen LogP contribution in [0.3, 0.4) is 0 Å². The average molecular weight is 398 g/mol. The zero-order valence-electron chi connectivity index (χ0n) is 16.1. The molecule has 144 valence electrons. The minimum atomic E-state index is -4.04. The van der Waals surface area contributed by atoms with Gasteiger partial charge in [0, 0.05) is 0 Å². The van der Waals surface area contributed by atoms with E-state index in [0.717, 1.165) is 15.9 Å². The molecular weight excluding hydrogens is 375 g/mol. The van der Waals surface area contributed by atoms with Crippen molar-refractivity contribution in [1.29, 1.82) is 0 Å². The molecule has 0 unspecified atom stereocenters. The molecule has 0 aliphatic rings. The van der Waals surface area contributed by atoms with Gasteiger partial charge >= 0.3 is 171 Å². The first kappa shape index (κ1) is 19.3. The maximum atomic E-state index is 13.5. The van der Waals surface area contributed by atoms with Gasteiger partial charge in [0.25, 0.3) is 0 Å². The fourth-order valence-electron chi connectivity index (χ4n) is 3.96. The molecule has 0 fully saturated rings. The molecule has 0 aliphatic carbocycles. The molecule has 2 nitrogen and oxygen atoms in total. The van der Waals surface area contributed by atoms with Crippen LogP contribution < -0.4 is 15.9 Å². The van der Waals surface area contributed by atoms with Gasteiger partial charge < -0.3 is 0 Å². The fraction of sp³-hybridized carbons (Fsp3) is 0.0385. The molecule has 4 aromatic carbocycles. The van der Waals surface area contributed by atoms with E-state index in [1.54, 1.807) is 0 Å². The van der Waals surface area contributed by atoms with Gasteiger partial charge in [-0.1, -0.05) is 0 Å². The van der Waals surface area contributed by atoms with E-state index in [1.165, 1.54) is 0 Å². The fourth-order valence-corrected chi connectivity index (χ4v) is 8.59. The SMILES string of the molecule is O=C(CP(O)(c1ccccc1)(c1ccccc1)c1ccccc1)c1ccccc1. The molecule has 0 atom stereocenters. The second-order valence-electron chi connectivity index (χ2n) is 7.21. The molecule has 0 radical (unpaired) electrons. The Kier molecular flexibility index (Phi) is 5.15. The van der Waals surface area contributed by atoms with E-state index < -0.39 is 6.83 Å². The van der Waals surface area contributed by atoms with Crippen molar-refractivity contribution < 1.29 is 9.69 Å². The van der Waals surface area contributed by atoms with E-state index in [-0.39, 0.29) is 11.9 Å².